The van der Waals surface area contributed by atoms with Crippen molar-refractivity contribution in [2.24, 2.45) is 0 Å². The summed E-state index contributed by atoms with van der Waals surface area (Å²) < 4.78 is 0. The lowest BCUT2D eigenvalue weighted by Gasteiger charge is -2.15. The van der Waals surface area contributed by atoms with Crippen LogP contribution < -0.4 is 5.32 Å². The van der Waals surface area contributed by atoms with Gasteiger partial charge in [-0.15, -0.1) is 11.3 Å². The Morgan fingerprint density at radius 1 is 1.69 bits per heavy atom. The van der Waals surface area contributed by atoms with Crippen molar-refractivity contribution in [1.82, 2.24) is 5.32 Å². The summed E-state index contributed by atoms with van der Waals surface area (Å²) in [6.07, 6.45) is 3.30. The maximum atomic E-state index is 10.8. The molecule has 16 heavy (non-hydrogen) atoms. The van der Waals surface area contributed by atoms with Gasteiger partial charge in [0.25, 0.3) is 0 Å². The predicted molar refractivity (Wildman–Crippen MR) is 70.3 cm³/mol. The van der Waals surface area contributed by atoms with Crippen molar-refractivity contribution < 1.29 is 9.90 Å². The molecule has 1 atom stereocenters. The number of thiophene rings is 1. The van der Waals surface area contributed by atoms with E-state index in [1.165, 1.54) is 0 Å². The minimum absolute atomic E-state index is 0.0423. The molecule has 1 rings (SSSR count). The first kappa shape index (κ1) is 13.5. The van der Waals surface area contributed by atoms with Crippen LogP contribution in [0.5, 0.6) is 0 Å². The van der Waals surface area contributed by atoms with Crippen molar-refractivity contribution in [2.45, 2.75) is 18.9 Å². The number of carboxylic acids is 1. The minimum atomic E-state index is -0.754. The number of carboxylic acid groups (broad SMARTS) is 1. The normalized spacial score (nSPS) is 12.6. The lowest BCUT2D eigenvalue weighted by Crippen LogP contribution is -2.24. The molecule has 0 spiro atoms. The van der Waals surface area contributed by atoms with Gasteiger partial charge in [0.05, 0.1) is 12.5 Å². The van der Waals surface area contributed by atoms with E-state index in [2.05, 4.69) is 11.6 Å². The third-order valence-electron chi connectivity index (χ3n) is 2.18. The molecule has 0 aliphatic heterocycles. The summed E-state index contributed by atoms with van der Waals surface area (Å²) in [4.78, 5) is 11.9. The second kappa shape index (κ2) is 7.70. The summed E-state index contributed by atoms with van der Waals surface area (Å²) in [5, 5.41) is 14.1. The predicted octanol–water partition coefficient (Wildman–Crippen LogP) is 2.61. The van der Waals surface area contributed by atoms with Crippen LogP contribution in [0.3, 0.4) is 0 Å². The van der Waals surface area contributed by atoms with E-state index in [-0.39, 0.29) is 12.5 Å². The fourth-order valence-corrected chi connectivity index (χ4v) is 2.67. The average molecular weight is 259 g/mol. The monoisotopic (exact) mass is 259 g/mol. The molecule has 0 amide bonds. The van der Waals surface area contributed by atoms with Gasteiger partial charge < -0.3 is 10.4 Å². The van der Waals surface area contributed by atoms with E-state index in [4.69, 9.17) is 5.11 Å². The van der Waals surface area contributed by atoms with Gasteiger partial charge in [0.1, 0.15) is 0 Å². The van der Waals surface area contributed by atoms with Crippen LogP contribution in [0.15, 0.2) is 17.5 Å². The highest BCUT2D eigenvalue weighted by Crippen LogP contribution is 2.21. The number of hydrogen-bond acceptors (Lipinski definition) is 4. The number of carbonyl (C=O) groups is 1. The van der Waals surface area contributed by atoms with Crippen LogP contribution >= 0.6 is 23.1 Å². The quantitative estimate of drug-likeness (QED) is 0.705. The molecule has 1 aromatic heterocycles. The van der Waals surface area contributed by atoms with Gasteiger partial charge in [-0.1, -0.05) is 6.07 Å². The molecule has 1 aromatic rings. The largest absolute Gasteiger partial charge is 0.481 e. The molecular weight excluding hydrogens is 242 g/mol. The highest BCUT2D eigenvalue weighted by Gasteiger charge is 2.15. The van der Waals surface area contributed by atoms with Crippen LogP contribution in [-0.2, 0) is 4.79 Å². The molecule has 5 heteroatoms. The Bertz CT molecular complexity index is 301. The van der Waals surface area contributed by atoms with Crippen molar-refractivity contribution >= 4 is 29.1 Å². The van der Waals surface area contributed by atoms with Gasteiger partial charge in [-0.05, 0) is 36.4 Å². The molecule has 0 aliphatic carbocycles. The molecule has 1 heterocycles. The molecule has 0 saturated heterocycles. The van der Waals surface area contributed by atoms with Crippen molar-refractivity contribution in [3.8, 4) is 0 Å². The highest BCUT2D eigenvalue weighted by atomic mass is 32.2. The average Bonchev–Trinajstić information content (AvgIpc) is 2.75. The van der Waals surface area contributed by atoms with Crippen LogP contribution in [0.2, 0.25) is 0 Å². The SMILES string of the molecule is CSCCCNC(CC(=O)O)c1cccs1. The lowest BCUT2D eigenvalue weighted by atomic mass is 10.1. The summed E-state index contributed by atoms with van der Waals surface area (Å²) in [7, 11) is 0. The fourth-order valence-electron chi connectivity index (χ4n) is 1.43. The molecular formula is C11H17NO2S2. The molecule has 0 saturated carbocycles. The summed E-state index contributed by atoms with van der Waals surface area (Å²) in [5.41, 5.74) is 0. The van der Waals surface area contributed by atoms with Crippen LogP contribution in [0.25, 0.3) is 0 Å². The van der Waals surface area contributed by atoms with E-state index in [1.807, 2.05) is 29.3 Å². The third-order valence-corrected chi connectivity index (χ3v) is 3.86. The number of rotatable bonds is 8. The first-order chi connectivity index (χ1) is 7.74. The number of hydrogen-bond donors (Lipinski definition) is 2. The Morgan fingerprint density at radius 2 is 2.50 bits per heavy atom. The van der Waals surface area contributed by atoms with E-state index >= 15 is 0 Å². The Hall–Kier alpha value is -0.520. The maximum Gasteiger partial charge on any atom is 0.305 e. The van der Waals surface area contributed by atoms with E-state index in [1.54, 1.807) is 11.3 Å². The van der Waals surface area contributed by atoms with Crippen LogP contribution in [0.1, 0.15) is 23.8 Å². The molecule has 0 aliphatic rings. The summed E-state index contributed by atoms with van der Waals surface area (Å²) >= 11 is 3.42. The topological polar surface area (TPSA) is 49.3 Å². The van der Waals surface area contributed by atoms with Crippen LogP contribution in [0, 0.1) is 0 Å². The third kappa shape index (κ3) is 5.01. The second-order valence-corrected chi connectivity index (χ2v) is 5.43. The van der Waals surface area contributed by atoms with Crippen molar-refractivity contribution in [2.75, 3.05) is 18.6 Å². The zero-order valence-electron chi connectivity index (χ0n) is 9.31. The van der Waals surface area contributed by atoms with Crippen molar-refractivity contribution in [3.63, 3.8) is 0 Å². The van der Waals surface area contributed by atoms with Crippen LogP contribution in [-0.4, -0.2) is 29.6 Å². The Balaban J connectivity index is 2.42. The van der Waals surface area contributed by atoms with E-state index in [0.717, 1.165) is 23.6 Å². The molecule has 1 unspecified atom stereocenters. The molecule has 3 nitrogen and oxygen atoms in total. The Labute approximate surface area is 104 Å². The van der Waals surface area contributed by atoms with Gasteiger partial charge in [-0.3, -0.25) is 4.79 Å². The molecule has 2 N–H and O–H groups in total. The highest BCUT2D eigenvalue weighted by molar-refractivity contribution is 7.98. The maximum absolute atomic E-state index is 10.8. The van der Waals surface area contributed by atoms with Crippen molar-refractivity contribution in [3.05, 3.63) is 22.4 Å². The zero-order chi connectivity index (χ0) is 11.8. The van der Waals surface area contributed by atoms with Crippen LogP contribution in [0.4, 0.5) is 0 Å². The van der Waals surface area contributed by atoms with E-state index in [9.17, 15) is 4.79 Å². The van der Waals surface area contributed by atoms with Gasteiger partial charge in [0, 0.05) is 4.88 Å². The summed E-state index contributed by atoms with van der Waals surface area (Å²) in [5.74, 6) is 0.354. The lowest BCUT2D eigenvalue weighted by molar-refractivity contribution is -0.137. The first-order valence-electron chi connectivity index (χ1n) is 5.21. The Morgan fingerprint density at radius 3 is 3.06 bits per heavy atom. The summed E-state index contributed by atoms with van der Waals surface area (Å²) in [6, 6.07) is 3.90. The fraction of sp³-hybridized carbons (Fsp3) is 0.545. The first-order valence-corrected chi connectivity index (χ1v) is 7.49. The van der Waals surface area contributed by atoms with Gasteiger partial charge >= 0.3 is 5.97 Å². The van der Waals surface area contributed by atoms with E-state index < -0.39 is 5.97 Å². The van der Waals surface area contributed by atoms with Gasteiger partial charge in [-0.25, -0.2) is 0 Å². The Kier molecular flexibility index (Phi) is 6.52. The summed E-state index contributed by atoms with van der Waals surface area (Å²) in [6.45, 7) is 0.872. The standard InChI is InChI=1S/C11H17NO2S2/c1-15-6-3-5-12-9(8-11(13)14)10-4-2-7-16-10/h2,4,7,9,12H,3,5-6,8H2,1H3,(H,13,14). The molecule has 0 bridgehead atoms. The number of nitrogens with one attached hydrogen (secondary N) is 1. The van der Waals surface area contributed by atoms with Gasteiger partial charge in [-0.2, -0.15) is 11.8 Å². The van der Waals surface area contributed by atoms with Gasteiger partial charge in [0.15, 0.2) is 0 Å². The molecule has 90 valence electrons. The minimum Gasteiger partial charge on any atom is -0.481 e. The molecule has 0 fully saturated rings. The van der Waals surface area contributed by atoms with Crippen molar-refractivity contribution in [1.29, 1.82) is 0 Å². The smallest absolute Gasteiger partial charge is 0.305 e. The molecule has 0 aromatic carbocycles. The molecule has 0 radical (unpaired) electrons. The second-order valence-electron chi connectivity index (χ2n) is 3.47. The van der Waals surface area contributed by atoms with Gasteiger partial charge in [0.2, 0.25) is 0 Å². The number of aliphatic carboxylic acids is 1. The number of thioether (sulfide) groups is 1. The zero-order valence-corrected chi connectivity index (χ0v) is 10.9. The van der Waals surface area contributed by atoms with E-state index in [0.29, 0.717) is 0 Å².